The first-order valence-electron chi connectivity index (χ1n) is 16.1. The van der Waals surface area contributed by atoms with Crippen molar-refractivity contribution in [1.29, 1.82) is 0 Å². The molecule has 224 valence electrons. The molecule has 0 aliphatic rings. The van der Waals surface area contributed by atoms with Gasteiger partial charge < -0.3 is 4.57 Å². The number of hydrogen-bond acceptors (Lipinski definition) is 3. The standard InChI is InChI=1S/C43H27N5/c1-4-16-28(17-5-1)41-44-42(29-18-6-2-7-19-29)46-43(45-41)48-36-27-15-13-25-34(36)38-37-33-24-12-14-26-35(33)47(30-20-8-3-9-21-30)39(37)31-22-10-11-23-32(31)40(38)48/h1-27H. The van der Waals surface area contributed by atoms with Crippen molar-refractivity contribution in [3.05, 3.63) is 164 Å². The van der Waals surface area contributed by atoms with E-state index in [9.17, 15) is 0 Å². The molecule has 0 amide bonds. The molecule has 0 spiro atoms. The van der Waals surface area contributed by atoms with E-state index in [2.05, 4.69) is 137 Å². The van der Waals surface area contributed by atoms with E-state index < -0.39 is 0 Å². The molecule has 0 aliphatic carbocycles. The third kappa shape index (κ3) is 3.88. The van der Waals surface area contributed by atoms with Gasteiger partial charge in [0.15, 0.2) is 11.6 Å². The first-order valence-corrected chi connectivity index (χ1v) is 16.1. The molecule has 10 rings (SSSR count). The quantitative estimate of drug-likeness (QED) is 0.198. The van der Waals surface area contributed by atoms with Gasteiger partial charge in [-0.05, 0) is 24.3 Å². The Balaban J connectivity index is 1.43. The predicted molar refractivity (Wildman–Crippen MR) is 197 cm³/mol. The van der Waals surface area contributed by atoms with E-state index in [1.807, 2.05) is 36.4 Å². The van der Waals surface area contributed by atoms with Crippen molar-refractivity contribution >= 4 is 54.4 Å². The van der Waals surface area contributed by atoms with Gasteiger partial charge in [-0.2, -0.15) is 9.97 Å². The number of benzene rings is 7. The van der Waals surface area contributed by atoms with Gasteiger partial charge in [0.25, 0.3) is 0 Å². The summed E-state index contributed by atoms with van der Waals surface area (Å²) in [6.07, 6.45) is 0. The van der Waals surface area contributed by atoms with Crippen LogP contribution in [0.5, 0.6) is 0 Å². The molecule has 0 saturated carbocycles. The van der Waals surface area contributed by atoms with Crippen LogP contribution in [0.1, 0.15) is 0 Å². The van der Waals surface area contributed by atoms with Gasteiger partial charge in [0, 0.05) is 49.1 Å². The molecule has 0 unspecified atom stereocenters. The Bertz CT molecular complexity index is 2760. The minimum Gasteiger partial charge on any atom is -0.309 e. The summed E-state index contributed by atoms with van der Waals surface area (Å²) in [6, 6.07) is 57.1. The summed E-state index contributed by atoms with van der Waals surface area (Å²) in [5.74, 6) is 1.86. The van der Waals surface area contributed by atoms with Crippen molar-refractivity contribution in [3.8, 4) is 34.4 Å². The van der Waals surface area contributed by atoms with Gasteiger partial charge >= 0.3 is 0 Å². The SMILES string of the molecule is c1ccc(-c2nc(-c3ccccc3)nc(-n3c4ccccc4c4c5c6ccccc6n(-c6ccccc6)c5c5ccccc5c43)n2)cc1. The number of aromatic nitrogens is 5. The van der Waals surface area contributed by atoms with E-state index in [1.54, 1.807) is 0 Å². The topological polar surface area (TPSA) is 48.5 Å². The molecule has 0 bridgehead atoms. The summed E-state index contributed by atoms with van der Waals surface area (Å²) in [4.78, 5) is 15.4. The maximum atomic E-state index is 5.21. The van der Waals surface area contributed by atoms with Crippen molar-refractivity contribution in [2.45, 2.75) is 0 Å². The summed E-state index contributed by atoms with van der Waals surface area (Å²) in [5, 5.41) is 7.08. The molecule has 5 nitrogen and oxygen atoms in total. The van der Waals surface area contributed by atoms with Crippen LogP contribution in [0.4, 0.5) is 0 Å². The van der Waals surface area contributed by atoms with Gasteiger partial charge in [0.1, 0.15) is 0 Å². The van der Waals surface area contributed by atoms with Gasteiger partial charge in [-0.1, -0.05) is 140 Å². The van der Waals surface area contributed by atoms with Crippen LogP contribution >= 0.6 is 0 Å². The monoisotopic (exact) mass is 613 g/mol. The number of nitrogens with zero attached hydrogens (tertiary/aromatic N) is 5. The largest absolute Gasteiger partial charge is 0.309 e. The predicted octanol–water partition coefficient (Wildman–Crippen LogP) is 10.6. The third-order valence-corrected chi connectivity index (χ3v) is 9.34. The van der Waals surface area contributed by atoms with Crippen molar-refractivity contribution in [2.75, 3.05) is 0 Å². The van der Waals surface area contributed by atoms with E-state index in [-0.39, 0.29) is 0 Å². The first-order chi connectivity index (χ1) is 23.8. The molecule has 0 aliphatic heterocycles. The molecule has 0 radical (unpaired) electrons. The van der Waals surface area contributed by atoms with Crippen LogP contribution in [-0.2, 0) is 0 Å². The minimum absolute atomic E-state index is 0.588. The Labute approximate surface area is 276 Å². The first kappa shape index (κ1) is 26.6. The molecule has 10 aromatic rings. The second-order valence-corrected chi connectivity index (χ2v) is 12.0. The zero-order valence-electron chi connectivity index (χ0n) is 25.8. The molecule has 7 aromatic carbocycles. The zero-order valence-corrected chi connectivity index (χ0v) is 25.8. The van der Waals surface area contributed by atoms with Crippen molar-refractivity contribution in [1.82, 2.24) is 24.1 Å². The van der Waals surface area contributed by atoms with Crippen molar-refractivity contribution in [2.24, 2.45) is 0 Å². The van der Waals surface area contributed by atoms with E-state index in [0.717, 1.165) is 38.6 Å². The maximum absolute atomic E-state index is 5.21. The summed E-state index contributed by atoms with van der Waals surface area (Å²) in [5.41, 5.74) is 7.51. The van der Waals surface area contributed by atoms with Crippen molar-refractivity contribution < 1.29 is 0 Å². The van der Waals surface area contributed by atoms with Crippen LogP contribution < -0.4 is 0 Å². The average molecular weight is 614 g/mol. The Morgan fingerprint density at radius 3 is 1.25 bits per heavy atom. The molecule has 0 fully saturated rings. The van der Waals surface area contributed by atoms with E-state index in [4.69, 9.17) is 15.0 Å². The Hall–Kier alpha value is -6.59. The molecule has 0 N–H and O–H groups in total. The highest BCUT2D eigenvalue weighted by molar-refractivity contribution is 6.37. The summed E-state index contributed by atoms with van der Waals surface area (Å²) < 4.78 is 4.67. The highest BCUT2D eigenvalue weighted by Crippen LogP contribution is 2.46. The Morgan fingerprint density at radius 1 is 0.333 bits per heavy atom. The lowest BCUT2D eigenvalue weighted by atomic mass is 9.99. The van der Waals surface area contributed by atoms with Crippen LogP contribution in [0.3, 0.4) is 0 Å². The molecule has 0 atom stereocenters. The van der Waals surface area contributed by atoms with Gasteiger partial charge in [0.2, 0.25) is 5.95 Å². The maximum Gasteiger partial charge on any atom is 0.238 e. The van der Waals surface area contributed by atoms with Crippen molar-refractivity contribution in [3.63, 3.8) is 0 Å². The highest BCUT2D eigenvalue weighted by atomic mass is 15.2. The average Bonchev–Trinajstić information content (AvgIpc) is 3.70. The molecular weight excluding hydrogens is 587 g/mol. The van der Waals surface area contributed by atoms with Crippen LogP contribution in [0.25, 0.3) is 88.8 Å². The second kappa shape index (κ2) is 10.5. The lowest BCUT2D eigenvalue weighted by Crippen LogP contribution is -2.06. The second-order valence-electron chi connectivity index (χ2n) is 12.0. The number of fused-ring (bicyclic) bond motifs is 10. The number of rotatable bonds is 4. The van der Waals surface area contributed by atoms with E-state index in [1.165, 1.54) is 32.6 Å². The van der Waals surface area contributed by atoms with Crippen LogP contribution in [-0.4, -0.2) is 24.1 Å². The molecule has 5 heteroatoms. The summed E-state index contributed by atoms with van der Waals surface area (Å²) in [6.45, 7) is 0. The third-order valence-electron chi connectivity index (χ3n) is 9.34. The zero-order chi connectivity index (χ0) is 31.6. The smallest absolute Gasteiger partial charge is 0.238 e. The van der Waals surface area contributed by atoms with E-state index in [0.29, 0.717) is 17.6 Å². The molecule has 48 heavy (non-hydrogen) atoms. The minimum atomic E-state index is 0.588. The fraction of sp³-hybridized carbons (Fsp3) is 0. The molecule has 0 saturated heterocycles. The van der Waals surface area contributed by atoms with Gasteiger partial charge in [-0.15, -0.1) is 0 Å². The van der Waals surface area contributed by atoms with E-state index >= 15 is 0 Å². The molecular formula is C43H27N5. The van der Waals surface area contributed by atoms with Crippen LogP contribution in [0.2, 0.25) is 0 Å². The molecule has 3 aromatic heterocycles. The number of hydrogen-bond donors (Lipinski definition) is 0. The summed E-state index contributed by atoms with van der Waals surface area (Å²) in [7, 11) is 0. The van der Waals surface area contributed by atoms with Crippen LogP contribution in [0.15, 0.2) is 164 Å². The lowest BCUT2D eigenvalue weighted by molar-refractivity contribution is 0.955. The lowest BCUT2D eigenvalue weighted by Gasteiger charge is -2.13. The Kier molecular flexibility index (Phi) is 5.81. The summed E-state index contributed by atoms with van der Waals surface area (Å²) >= 11 is 0. The van der Waals surface area contributed by atoms with Gasteiger partial charge in [0.05, 0.1) is 22.1 Å². The van der Waals surface area contributed by atoms with Crippen LogP contribution in [0, 0.1) is 0 Å². The normalized spacial score (nSPS) is 11.8. The Morgan fingerprint density at radius 2 is 0.729 bits per heavy atom. The van der Waals surface area contributed by atoms with Gasteiger partial charge in [-0.25, -0.2) is 4.98 Å². The fourth-order valence-electron chi connectivity index (χ4n) is 7.34. The number of para-hydroxylation sites is 3. The van der Waals surface area contributed by atoms with Gasteiger partial charge in [-0.3, -0.25) is 4.57 Å². The molecule has 3 heterocycles. The highest BCUT2D eigenvalue weighted by Gasteiger charge is 2.25. The fourth-order valence-corrected chi connectivity index (χ4v) is 7.34.